The standard InChI is InChI=1S/C15H16FNOS/c16-12-4-2-6-15(9-12)19-10-13(17)7-11-3-1-5-14(18)8-11/h1-6,8-9,13,18H,7,10,17H2. The zero-order valence-electron chi connectivity index (χ0n) is 10.4. The summed E-state index contributed by atoms with van der Waals surface area (Å²) in [4.78, 5) is 0.881. The molecular weight excluding hydrogens is 261 g/mol. The van der Waals surface area contributed by atoms with E-state index in [2.05, 4.69) is 0 Å². The van der Waals surface area contributed by atoms with Gasteiger partial charge in [0, 0.05) is 16.7 Å². The van der Waals surface area contributed by atoms with Crippen LogP contribution in [0.2, 0.25) is 0 Å². The Kier molecular flexibility index (Phi) is 4.82. The van der Waals surface area contributed by atoms with E-state index >= 15 is 0 Å². The second kappa shape index (κ2) is 6.59. The number of benzene rings is 2. The lowest BCUT2D eigenvalue weighted by Gasteiger charge is -2.11. The third-order valence-corrected chi connectivity index (χ3v) is 3.85. The van der Waals surface area contributed by atoms with Crippen LogP contribution in [-0.4, -0.2) is 16.9 Å². The number of phenolic OH excluding ortho intramolecular Hbond substituents is 1. The molecular formula is C15H16FNOS. The van der Waals surface area contributed by atoms with Crippen LogP contribution in [0.15, 0.2) is 53.4 Å². The van der Waals surface area contributed by atoms with Crippen LogP contribution in [0.3, 0.4) is 0 Å². The van der Waals surface area contributed by atoms with Crippen LogP contribution >= 0.6 is 11.8 Å². The van der Waals surface area contributed by atoms with Crippen molar-refractivity contribution in [3.8, 4) is 5.75 Å². The Bertz CT molecular complexity index is 547. The molecule has 0 bridgehead atoms. The van der Waals surface area contributed by atoms with Crippen LogP contribution in [0, 0.1) is 5.82 Å². The number of thioether (sulfide) groups is 1. The molecule has 0 saturated carbocycles. The van der Waals surface area contributed by atoms with Gasteiger partial charge in [0.15, 0.2) is 0 Å². The van der Waals surface area contributed by atoms with Gasteiger partial charge in [-0.2, -0.15) is 0 Å². The first-order chi connectivity index (χ1) is 9.13. The van der Waals surface area contributed by atoms with E-state index in [0.29, 0.717) is 12.2 Å². The Balaban J connectivity index is 1.86. The molecule has 0 heterocycles. The molecule has 0 aliphatic rings. The Hall–Kier alpha value is -1.52. The number of phenols is 1. The summed E-state index contributed by atoms with van der Waals surface area (Å²) in [6.45, 7) is 0. The highest BCUT2D eigenvalue weighted by Gasteiger charge is 2.06. The molecule has 1 unspecified atom stereocenters. The molecule has 0 radical (unpaired) electrons. The number of hydrogen-bond donors (Lipinski definition) is 2. The smallest absolute Gasteiger partial charge is 0.124 e. The number of aromatic hydroxyl groups is 1. The zero-order valence-corrected chi connectivity index (χ0v) is 11.2. The van der Waals surface area contributed by atoms with Crippen molar-refractivity contribution in [3.05, 3.63) is 59.9 Å². The summed E-state index contributed by atoms with van der Waals surface area (Å²) in [6, 6.07) is 13.6. The summed E-state index contributed by atoms with van der Waals surface area (Å²) in [5.74, 6) is 0.730. The fourth-order valence-corrected chi connectivity index (χ4v) is 2.70. The van der Waals surface area contributed by atoms with Crippen molar-refractivity contribution in [2.75, 3.05) is 5.75 Å². The molecule has 4 heteroatoms. The van der Waals surface area contributed by atoms with E-state index < -0.39 is 0 Å². The summed E-state index contributed by atoms with van der Waals surface area (Å²) in [5, 5.41) is 9.38. The van der Waals surface area contributed by atoms with Crippen molar-refractivity contribution in [2.45, 2.75) is 17.4 Å². The predicted molar refractivity (Wildman–Crippen MR) is 76.9 cm³/mol. The Morgan fingerprint density at radius 3 is 2.68 bits per heavy atom. The molecule has 0 fully saturated rings. The highest BCUT2D eigenvalue weighted by Crippen LogP contribution is 2.20. The van der Waals surface area contributed by atoms with Crippen LogP contribution in [0.1, 0.15) is 5.56 Å². The molecule has 0 aliphatic carbocycles. The van der Waals surface area contributed by atoms with Gasteiger partial charge in [0.2, 0.25) is 0 Å². The van der Waals surface area contributed by atoms with Crippen LogP contribution in [-0.2, 0) is 6.42 Å². The van der Waals surface area contributed by atoms with E-state index in [4.69, 9.17) is 5.73 Å². The number of halogens is 1. The first-order valence-electron chi connectivity index (χ1n) is 6.05. The minimum absolute atomic E-state index is 0.0323. The fraction of sp³-hybridized carbons (Fsp3) is 0.200. The van der Waals surface area contributed by atoms with E-state index in [1.807, 2.05) is 12.1 Å². The average Bonchev–Trinajstić information content (AvgIpc) is 2.36. The molecule has 100 valence electrons. The van der Waals surface area contributed by atoms with Crippen LogP contribution in [0.25, 0.3) is 0 Å². The molecule has 0 saturated heterocycles. The Morgan fingerprint density at radius 2 is 1.95 bits per heavy atom. The van der Waals surface area contributed by atoms with E-state index in [1.54, 1.807) is 24.3 Å². The summed E-state index contributed by atoms with van der Waals surface area (Å²) < 4.78 is 13.0. The quantitative estimate of drug-likeness (QED) is 0.825. The second-order valence-electron chi connectivity index (χ2n) is 4.40. The lowest BCUT2D eigenvalue weighted by molar-refractivity contribution is 0.474. The van der Waals surface area contributed by atoms with E-state index in [9.17, 15) is 9.50 Å². The van der Waals surface area contributed by atoms with E-state index in [-0.39, 0.29) is 17.6 Å². The first kappa shape index (κ1) is 13.9. The molecule has 19 heavy (non-hydrogen) atoms. The van der Waals surface area contributed by atoms with Gasteiger partial charge < -0.3 is 10.8 Å². The SMILES string of the molecule is NC(CSc1cccc(F)c1)Cc1cccc(O)c1. The molecule has 2 aromatic carbocycles. The van der Waals surface area contributed by atoms with Gasteiger partial charge in [-0.1, -0.05) is 18.2 Å². The van der Waals surface area contributed by atoms with Crippen molar-refractivity contribution in [1.29, 1.82) is 0 Å². The van der Waals surface area contributed by atoms with Gasteiger partial charge in [-0.3, -0.25) is 0 Å². The molecule has 0 spiro atoms. The van der Waals surface area contributed by atoms with Crippen LogP contribution < -0.4 is 5.73 Å². The molecule has 1 atom stereocenters. The zero-order chi connectivity index (χ0) is 13.7. The number of nitrogens with two attached hydrogens (primary N) is 1. The Labute approximate surface area is 116 Å². The monoisotopic (exact) mass is 277 g/mol. The predicted octanol–water partition coefficient (Wildman–Crippen LogP) is 3.19. The van der Waals surface area contributed by atoms with Crippen molar-refractivity contribution >= 4 is 11.8 Å². The van der Waals surface area contributed by atoms with Crippen molar-refractivity contribution < 1.29 is 9.50 Å². The second-order valence-corrected chi connectivity index (χ2v) is 5.50. The lowest BCUT2D eigenvalue weighted by atomic mass is 10.1. The molecule has 2 aromatic rings. The third kappa shape index (κ3) is 4.58. The van der Waals surface area contributed by atoms with Gasteiger partial charge in [0.05, 0.1) is 0 Å². The van der Waals surface area contributed by atoms with Gasteiger partial charge in [-0.15, -0.1) is 11.8 Å². The normalized spacial score (nSPS) is 12.3. The minimum Gasteiger partial charge on any atom is -0.508 e. The van der Waals surface area contributed by atoms with Gasteiger partial charge in [0.25, 0.3) is 0 Å². The largest absolute Gasteiger partial charge is 0.508 e. The highest BCUT2D eigenvalue weighted by atomic mass is 32.2. The Morgan fingerprint density at radius 1 is 1.16 bits per heavy atom. The lowest BCUT2D eigenvalue weighted by Crippen LogP contribution is -2.25. The van der Waals surface area contributed by atoms with Gasteiger partial charge >= 0.3 is 0 Å². The molecule has 2 rings (SSSR count). The van der Waals surface area contributed by atoms with E-state index in [1.165, 1.54) is 23.9 Å². The summed E-state index contributed by atoms with van der Waals surface area (Å²) >= 11 is 1.54. The maximum atomic E-state index is 13.0. The molecule has 0 aromatic heterocycles. The molecule has 0 aliphatic heterocycles. The van der Waals surface area contributed by atoms with Crippen LogP contribution in [0.5, 0.6) is 5.75 Å². The molecule has 0 amide bonds. The maximum absolute atomic E-state index is 13.0. The van der Waals surface area contributed by atoms with Gasteiger partial charge in [0.1, 0.15) is 11.6 Å². The fourth-order valence-electron chi connectivity index (χ4n) is 1.81. The summed E-state index contributed by atoms with van der Waals surface area (Å²) in [5.41, 5.74) is 7.05. The highest BCUT2D eigenvalue weighted by molar-refractivity contribution is 7.99. The van der Waals surface area contributed by atoms with E-state index in [0.717, 1.165) is 10.5 Å². The maximum Gasteiger partial charge on any atom is 0.124 e. The van der Waals surface area contributed by atoms with Gasteiger partial charge in [-0.25, -0.2) is 4.39 Å². The molecule has 2 nitrogen and oxygen atoms in total. The number of rotatable bonds is 5. The van der Waals surface area contributed by atoms with Crippen molar-refractivity contribution in [2.24, 2.45) is 5.73 Å². The topological polar surface area (TPSA) is 46.2 Å². The minimum atomic E-state index is -0.230. The van der Waals surface area contributed by atoms with Gasteiger partial charge in [-0.05, 0) is 42.3 Å². The van der Waals surface area contributed by atoms with Crippen molar-refractivity contribution in [1.82, 2.24) is 0 Å². The summed E-state index contributed by atoms with van der Waals surface area (Å²) in [7, 11) is 0. The molecule has 3 N–H and O–H groups in total. The summed E-state index contributed by atoms with van der Waals surface area (Å²) in [6.07, 6.45) is 0.691. The third-order valence-electron chi connectivity index (χ3n) is 2.67. The first-order valence-corrected chi connectivity index (χ1v) is 7.04. The average molecular weight is 277 g/mol. The van der Waals surface area contributed by atoms with Crippen LogP contribution in [0.4, 0.5) is 4.39 Å². The number of hydrogen-bond acceptors (Lipinski definition) is 3. The van der Waals surface area contributed by atoms with Crippen molar-refractivity contribution in [3.63, 3.8) is 0 Å².